The maximum absolute atomic E-state index is 7.85. The highest BCUT2D eigenvalue weighted by atomic mass is 32.2. The van der Waals surface area contributed by atoms with Gasteiger partial charge in [0.2, 0.25) is 0 Å². The molecule has 2 nitrogen and oxygen atoms in total. The average molecular weight is 119 g/mol. The van der Waals surface area contributed by atoms with Crippen LogP contribution >= 0.6 is 11.8 Å². The average Bonchev–Trinajstić information content (AvgIpc) is 1.69. The Balaban J connectivity index is 2.69. The first-order chi connectivity index (χ1) is 3.41. The van der Waals surface area contributed by atoms with E-state index in [1.165, 1.54) is 6.21 Å². The Morgan fingerprint density at radius 2 is 2.57 bits per heavy atom. The molecule has 0 aliphatic carbocycles. The van der Waals surface area contributed by atoms with Crippen molar-refractivity contribution in [1.82, 2.24) is 0 Å². The second kappa shape index (κ2) is 5.82. The number of hydrogen-bond acceptors (Lipinski definition) is 3. The molecule has 3 heteroatoms. The monoisotopic (exact) mass is 119 g/mol. The van der Waals surface area contributed by atoms with Crippen molar-refractivity contribution < 1.29 is 5.21 Å². The van der Waals surface area contributed by atoms with Crippen LogP contribution in [0.25, 0.3) is 0 Å². The van der Waals surface area contributed by atoms with Gasteiger partial charge in [0.05, 0.1) is 6.21 Å². The first-order valence-electron chi connectivity index (χ1n) is 2.15. The zero-order valence-electron chi connectivity index (χ0n) is 4.29. The molecule has 0 fully saturated rings. The van der Waals surface area contributed by atoms with Crippen LogP contribution in [-0.2, 0) is 0 Å². The van der Waals surface area contributed by atoms with E-state index in [1.807, 2.05) is 0 Å². The zero-order chi connectivity index (χ0) is 5.54. The molecule has 0 bridgehead atoms. The molecular weight excluding hydrogens is 110 g/mol. The molecule has 0 rings (SSSR count). The van der Waals surface area contributed by atoms with Crippen molar-refractivity contribution in [2.24, 2.45) is 5.16 Å². The van der Waals surface area contributed by atoms with Crippen LogP contribution in [0.4, 0.5) is 0 Å². The van der Waals surface area contributed by atoms with Crippen LogP contribution in [-0.4, -0.2) is 22.9 Å². The van der Waals surface area contributed by atoms with E-state index in [0.29, 0.717) is 0 Å². The highest BCUT2D eigenvalue weighted by Crippen LogP contribution is 1.93. The summed E-state index contributed by atoms with van der Waals surface area (Å²) in [5.41, 5.74) is 0. The predicted molar refractivity (Wildman–Crippen MR) is 33.3 cm³/mol. The van der Waals surface area contributed by atoms with E-state index in [2.05, 4.69) is 12.1 Å². The van der Waals surface area contributed by atoms with Gasteiger partial charge in [0.15, 0.2) is 0 Å². The Hall–Kier alpha value is -0.180. The van der Waals surface area contributed by atoms with Crippen LogP contribution in [0.5, 0.6) is 0 Å². The van der Waals surface area contributed by atoms with E-state index in [0.717, 1.165) is 11.5 Å². The van der Waals surface area contributed by atoms with Gasteiger partial charge in [-0.2, -0.15) is 11.8 Å². The largest absolute Gasteiger partial charge is 0.411 e. The SMILES string of the molecule is CCSC/C=N/O. The molecule has 0 saturated carbocycles. The molecule has 1 N–H and O–H groups in total. The molecule has 0 spiro atoms. The molecule has 0 aromatic rings. The number of thioether (sulfide) groups is 1. The van der Waals surface area contributed by atoms with Crippen LogP contribution in [0.15, 0.2) is 5.16 Å². The van der Waals surface area contributed by atoms with Crippen LogP contribution in [0.2, 0.25) is 0 Å². The summed E-state index contributed by atoms with van der Waals surface area (Å²) in [6.07, 6.45) is 1.48. The number of oxime groups is 1. The fraction of sp³-hybridized carbons (Fsp3) is 0.750. The lowest BCUT2D eigenvalue weighted by Gasteiger charge is -1.83. The van der Waals surface area contributed by atoms with Gasteiger partial charge >= 0.3 is 0 Å². The van der Waals surface area contributed by atoms with E-state index in [1.54, 1.807) is 11.8 Å². The molecule has 0 amide bonds. The van der Waals surface area contributed by atoms with E-state index in [4.69, 9.17) is 5.21 Å². The normalized spacial score (nSPS) is 10.4. The fourth-order valence-corrected chi connectivity index (χ4v) is 0.612. The Morgan fingerprint density at radius 1 is 1.86 bits per heavy atom. The van der Waals surface area contributed by atoms with Gasteiger partial charge in [-0.15, -0.1) is 5.16 Å². The molecular formula is C4H9NOS. The Labute approximate surface area is 47.6 Å². The van der Waals surface area contributed by atoms with Crippen molar-refractivity contribution in [3.8, 4) is 0 Å². The minimum Gasteiger partial charge on any atom is -0.411 e. The summed E-state index contributed by atoms with van der Waals surface area (Å²) < 4.78 is 0. The molecule has 0 aliphatic rings. The van der Waals surface area contributed by atoms with Gasteiger partial charge in [0.25, 0.3) is 0 Å². The number of rotatable bonds is 3. The van der Waals surface area contributed by atoms with Gasteiger partial charge in [-0.05, 0) is 5.75 Å². The van der Waals surface area contributed by atoms with Crippen molar-refractivity contribution in [3.63, 3.8) is 0 Å². The molecule has 0 heterocycles. The van der Waals surface area contributed by atoms with Gasteiger partial charge in [-0.25, -0.2) is 0 Å². The molecule has 0 aliphatic heterocycles. The standard InChI is InChI=1S/C4H9NOS/c1-2-7-4-3-5-6/h3,6H,2,4H2,1H3/b5-3+. The highest BCUT2D eigenvalue weighted by Gasteiger charge is 1.74. The third kappa shape index (κ3) is 5.82. The summed E-state index contributed by atoms with van der Waals surface area (Å²) in [5.74, 6) is 1.89. The van der Waals surface area contributed by atoms with Crippen molar-refractivity contribution >= 4 is 18.0 Å². The van der Waals surface area contributed by atoms with Gasteiger partial charge in [0.1, 0.15) is 0 Å². The maximum Gasteiger partial charge on any atom is 0.0534 e. The highest BCUT2D eigenvalue weighted by molar-refractivity contribution is 7.99. The summed E-state index contributed by atoms with van der Waals surface area (Å²) in [7, 11) is 0. The third-order valence-corrected chi connectivity index (χ3v) is 1.27. The van der Waals surface area contributed by atoms with Crippen molar-refractivity contribution in [2.75, 3.05) is 11.5 Å². The second-order valence-corrected chi connectivity index (χ2v) is 2.28. The van der Waals surface area contributed by atoms with E-state index in [9.17, 15) is 0 Å². The fourth-order valence-electron chi connectivity index (χ4n) is 0.204. The van der Waals surface area contributed by atoms with Crippen molar-refractivity contribution in [3.05, 3.63) is 0 Å². The lowest BCUT2D eigenvalue weighted by molar-refractivity contribution is 0.321. The molecule has 0 atom stereocenters. The molecule has 0 saturated heterocycles. The summed E-state index contributed by atoms with van der Waals surface area (Å²) in [6.45, 7) is 2.07. The van der Waals surface area contributed by atoms with E-state index in [-0.39, 0.29) is 0 Å². The van der Waals surface area contributed by atoms with Crippen molar-refractivity contribution in [1.29, 1.82) is 0 Å². The summed E-state index contributed by atoms with van der Waals surface area (Å²) >= 11 is 1.72. The predicted octanol–water partition coefficient (Wildman–Crippen LogP) is 1.20. The Kier molecular flexibility index (Phi) is 5.67. The topological polar surface area (TPSA) is 32.6 Å². The number of nitrogens with zero attached hydrogens (tertiary/aromatic N) is 1. The van der Waals surface area contributed by atoms with E-state index >= 15 is 0 Å². The van der Waals surface area contributed by atoms with Gasteiger partial charge in [0, 0.05) is 5.75 Å². The van der Waals surface area contributed by atoms with Crippen LogP contribution in [0.1, 0.15) is 6.92 Å². The Morgan fingerprint density at radius 3 is 3.00 bits per heavy atom. The lowest BCUT2D eigenvalue weighted by atomic mass is 10.9. The molecule has 0 aromatic heterocycles. The van der Waals surface area contributed by atoms with Crippen molar-refractivity contribution in [2.45, 2.75) is 6.92 Å². The zero-order valence-corrected chi connectivity index (χ0v) is 5.11. The van der Waals surface area contributed by atoms with Gasteiger partial charge in [-0.3, -0.25) is 0 Å². The minimum absolute atomic E-state index is 0.812. The quantitative estimate of drug-likeness (QED) is 0.262. The summed E-state index contributed by atoms with van der Waals surface area (Å²) in [4.78, 5) is 0. The Bertz CT molecular complexity index is 55.7. The maximum atomic E-state index is 7.85. The third-order valence-electron chi connectivity index (χ3n) is 0.478. The molecule has 0 unspecified atom stereocenters. The van der Waals surface area contributed by atoms with Gasteiger partial charge < -0.3 is 5.21 Å². The first-order valence-corrected chi connectivity index (χ1v) is 3.31. The summed E-state index contributed by atoms with van der Waals surface area (Å²) in [5, 5.41) is 10.7. The van der Waals surface area contributed by atoms with E-state index < -0.39 is 0 Å². The molecule has 0 radical (unpaired) electrons. The van der Waals surface area contributed by atoms with Crippen LogP contribution in [0.3, 0.4) is 0 Å². The lowest BCUT2D eigenvalue weighted by Crippen LogP contribution is -1.78. The summed E-state index contributed by atoms with van der Waals surface area (Å²) in [6, 6.07) is 0. The molecule has 42 valence electrons. The van der Waals surface area contributed by atoms with Crippen LogP contribution in [0, 0.1) is 0 Å². The molecule has 7 heavy (non-hydrogen) atoms. The first kappa shape index (κ1) is 6.82. The minimum atomic E-state index is 0.812. The smallest absolute Gasteiger partial charge is 0.0534 e. The second-order valence-electron chi connectivity index (χ2n) is 0.958. The number of hydrogen-bond donors (Lipinski definition) is 1. The van der Waals surface area contributed by atoms with Gasteiger partial charge in [-0.1, -0.05) is 6.92 Å². The van der Waals surface area contributed by atoms with Crippen LogP contribution < -0.4 is 0 Å². The molecule has 0 aromatic carbocycles.